The number of benzene rings is 1. The molecule has 6 heteroatoms. The van der Waals surface area contributed by atoms with E-state index in [1.165, 1.54) is 0 Å². The molecule has 122 valence electrons. The molecule has 23 heavy (non-hydrogen) atoms. The van der Waals surface area contributed by atoms with Crippen LogP contribution in [0.3, 0.4) is 0 Å². The van der Waals surface area contributed by atoms with Gasteiger partial charge in [0, 0.05) is 32.4 Å². The standard InChI is InChI=1S/C17H20N4O.HI/c1-21-10-9-19-17(21)20-12-15-7-8-18-16(11-15)22-13-14-5-3-2-4-6-14;/h2-8,11H,9-10,12-13H2,1H3,(H,19,20);1H. The highest BCUT2D eigenvalue weighted by molar-refractivity contribution is 14.0. The fourth-order valence-electron chi connectivity index (χ4n) is 2.28. The Balaban J connectivity index is 0.00000192. The molecule has 0 amide bonds. The van der Waals surface area contributed by atoms with Gasteiger partial charge in [0.15, 0.2) is 5.96 Å². The molecule has 2 heterocycles. The van der Waals surface area contributed by atoms with Crippen LogP contribution in [0.2, 0.25) is 0 Å². The lowest BCUT2D eigenvalue weighted by atomic mass is 10.2. The summed E-state index contributed by atoms with van der Waals surface area (Å²) in [5.41, 5.74) is 2.26. The van der Waals surface area contributed by atoms with Crippen LogP contribution in [0, 0.1) is 0 Å². The van der Waals surface area contributed by atoms with Crippen LogP contribution in [0.4, 0.5) is 0 Å². The highest BCUT2D eigenvalue weighted by Crippen LogP contribution is 2.12. The van der Waals surface area contributed by atoms with E-state index in [0.29, 0.717) is 19.0 Å². The third kappa shape index (κ3) is 5.09. The van der Waals surface area contributed by atoms with Gasteiger partial charge < -0.3 is 15.0 Å². The molecular weight excluding hydrogens is 403 g/mol. The molecule has 0 spiro atoms. The third-order valence-electron chi connectivity index (χ3n) is 3.54. The average molecular weight is 424 g/mol. The number of aromatic nitrogens is 1. The van der Waals surface area contributed by atoms with E-state index in [1.807, 2.05) is 49.5 Å². The van der Waals surface area contributed by atoms with Crippen molar-refractivity contribution >= 4 is 29.9 Å². The minimum atomic E-state index is 0. The minimum absolute atomic E-state index is 0. The smallest absolute Gasteiger partial charge is 0.213 e. The first-order valence-corrected chi connectivity index (χ1v) is 7.42. The molecule has 0 bridgehead atoms. The van der Waals surface area contributed by atoms with Gasteiger partial charge in [0.1, 0.15) is 6.61 Å². The van der Waals surface area contributed by atoms with Crippen molar-refractivity contribution in [3.05, 3.63) is 59.8 Å². The molecule has 0 atom stereocenters. The fraction of sp³-hybridized carbons (Fsp3) is 0.294. The summed E-state index contributed by atoms with van der Waals surface area (Å²) in [5, 5.41) is 3.34. The second kappa shape index (κ2) is 8.71. The Kier molecular flexibility index (Phi) is 6.64. The number of ether oxygens (including phenoxy) is 1. The Labute approximate surface area is 153 Å². The molecule has 1 aromatic heterocycles. The van der Waals surface area contributed by atoms with Crippen LogP contribution < -0.4 is 10.1 Å². The Morgan fingerprint density at radius 3 is 2.74 bits per heavy atom. The minimum Gasteiger partial charge on any atom is -0.473 e. The van der Waals surface area contributed by atoms with Crippen LogP contribution in [-0.2, 0) is 13.2 Å². The van der Waals surface area contributed by atoms with E-state index in [4.69, 9.17) is 4.74 Å². The maximum absolute atomic E-state index is 5.75. The second-order valence-electron chi connectivity index (χ2n) is 5.26. The first kappa shape index (κ1) is 17.5. The van der Waals surface area contributed by atoms with Crippen LogP contribution in [0.1, 0.15) is 11.1 Å². The van der Waals surface area contributed by atoms with Gasteiger partial charge in [-0.15, -0.1) is 24.0 Å². The van der Waals surface area contributed by atoms with Gasteiger partial charge >= 0.3 is 0 Å². The van der Waals surface area contributed by atoms with Gasteiger partial charge in [-0.2, -0.15) is 0 Å². The van der Waals surface area contributed by atoms with Crippen LogP contribution >= 0.6 is 24.0 Å². The van der Waals surface area contributed by atoms with Crippen molar-refractivity contribution in [1.82, 2.24) is 15.2 Å². The zero-order valence-electron chi connectivity index (χ0n) is 13.1. The molecule has 0 aliphatic carbocycles. The van der Waals surface area contributed by atoms with E-state index in [9.17, 15) is 0 Å². The number of hydrogen-bond acceptors (Lipinski definition) is 5. The maximum Gasteiger partial charge on any atom is 0.213 e. The Bertz CT molecular complexity index is 648. The maximum atomic E-state index is 5.75. The van der Waals surface area contributed by atoms with Crippen LogP contribution in [-0.4, -0.2) is 36.0 Å². The van der Waals surface area contributed by atoms with Gasteiger partial charge in [0.05, 0.1) is 6.54 Å². The van der Waals surface area contributed by atoms with Crippen molar-refractivity contribution in [3.63, 3.8) is 0 Å². The number of likely N-dealkylation sites (N-methyl/N-ethyl adjacent to an activating group) is 1. The van der Waals surface area contributed by atoms with Gasteiger partial charge in [-0.05, 0) is 17.2 Å². The molecule has 1 N–H and O–H groups in total. The number of hydrogen-bond donors (Lipinski definition) is 1. The molecule has 0 saturated carbocycles. The number of guanidine groups is 1. The fourth-order valence-corrected chi connectivity index (χ4v) is 2.28. The summed E-state index contributed by atoms with van der Waals surface area (Å²) in [6.07, 6.45) is 1.78. The van der Waals surface area contributed by atoms with Crippen LogP contribution in [0.25, 0.3) is 0 Å². The molecule has 5 nitrogen and oxygen atoms in total. The van der Waals surface area contributed by atoms with Crippen molar-refractivity contribution in [1.29, 1.82) is 0 Å². The first-order chi connectivity index (χ1) is 10.8. The molecule has 3 rings (SSSR count). The highest BCUT2D eigenvalue weighted by Gasteiger charge is 2.11. The van der Waals surface area contributed by atoms with E-state index in [2.05, 4.69) is 20.2 Å². The Hall–Kier alpha value is -1.83. The van der Waals surface area contributed by atoms with Gasteiger partial charge in [-0.1, -0.05) is 30.3 Å². The average Bonchev–Trinajstić information content (AvgIpc) is 2.98. The quantitative estimate of drug-likeness (QED) is 0.751. The number of aliphatic imine (C=N–C) groups is 1. The van der Waals surface area contributed by atoms with Crippen molar-refractivity contribution in [2.24, 2.45) is 4.99 Å². The number of halogens is 1. The SMILES string of the molecule is CN1CCN=C1NCc1ccnc(OCc2ccccc2)c1.I. The molecule has 2 aromatic rings. The van der Waals surface area contributed by atoms with E-state index in [0.717, 1.165) is 30.2 Å². The van der Waals surface area contributed by atoms with Crippen LogP contribution in [0.15, 0.2) is 53.7 Å². The van der Waals surface area contributed by atoms with Crippen molar-refractivity contribution < 1.29 is 4.74 Å². The normalized spacial score (nSPS) is 13.3. The largest absolute Gasteiger partial charge is 0.473 e. The predicted molar refractivity (Wildman–Crippen MR) is 102 cm³/mol. The lowest BCUT2D eigenvalue weighted by Gasteiger charge is -2.15. The van der Waals surface area contributed by atoms with Crippen molar-refractivity contribution in [2.45, 2.75) is 13.2 Å². The number of pyridine rings is 1. The Morgan fingerprint density at radius 1 is 1.17 bits per heavy atom. The van der Waals surface area contributed by atoms with Gasteiger partial charge in [0.2, 0.25) is 5.88 Å². The van der Waals surface area contributed by atoms with Crippen LogP contribution in [0.5, 0.6) is 5.88 Å². The second-order valence-corrected chi connectivity index (χ2v) is 5.26. The monoisotopic (exact) mass is 424 g/mol. The summed E-state index contributed by atoms with van der Waals surface area (Å²) < 4.78 is 5.75. The molecule has 1 aromatic carbocycles. The summed E-state index contributed by atoms with van der Waals surface area (Å²) in [4.78, 5) is 10.8. The summed E-state index contributed by atoms with van der Waals surface area (Å²) >= 11 is 0. The summed E-state index contributed by atoms with van der Waals surface area (Å²) in [6, 6.07) is 14.0. The van der Waals surface area contributed by atoms with E-state index >= 15 is 0 Å². The number of rotatable bonds is 5. The molecule has 1 aliphatic heterocycles. The molecule has 0 unspecified atom stereocenters. The topological polar surface area (TPSA) is 49.8 Å². The van der Waals surface area contributed by atoms with E-state index < -0.39 is 0 Å². The predicted octanol–water partition coefficient (Wildman–Crippen LogP) is 2.67. The molecule has 1 aliphatic rings. The third-order valence-corrected chi connectivity index (χ3v) is 3.54. The highest BCUT2D eigenvalue weighted by atomic mass is 127. The Morgan fingerprint density at radius 2 is 2.00 bits per heavy atom. The first-order valence-electron chi connectivity index (χ1n) is 7.42. The van der Waals surface area contributed by atoms with Gasteiger partial charge in [0.25, 0.3) is 0 Å². The van der Waals surface area contributed by atoms with E-state index in [-0.39, 0.29) is 24.0 Å². The van der Waals surface area contributed by atoms with Gasteiger partial charge in [-0.25, -0.2) is 4.98 Å². The molecule has 0 radical (unpaired) electrons. The lowest BCUT2D eigenvalue weighted by molar-refractivity contribution is 0.293. The summed E-state index contributed by atoms with van der Waals surface area (Å²) in [7, 11) is 2.04. The summed E-state index contributed by atoms with van der Waals surface area (Å²) in [6.45, 7) is 3.08. The molecule has 0 saturated heterocycles. The van der Waals surface area contributed by atoms with Crippen molar-refractivity contribution in [3.8, 4) is 5.88 Å². The number of nitrogens with one attached hydrogen (secondary N) is 1. The zero-order valence-corrected chi connectivity index (χ0v) is 15.4. The van der Waals surface area contributed by atoms with Crippen molar-refractivity contribution in [2.75, 3.05) is 20.1 Å². The van der Waals surface area contributed by atoms with E-state index in [1.54, 1.807) is 6.20 Å². The zero-order chi connectivity index (χ0) is 15.2. The summed E-state index contributed by atoms with van der Waals surface area (Å²) in [5.74, 6) is 1.59. The van der Waals surface area contributed by atoms with Gasteiger partial charge in [-0.3, -0.25) is 4.99 Å². The lowest BCUT2D eigenvalue weighted by Crippen LogP contribution is -2.35. The number of nitrogens with zero attached hydrogens (tertiary/aromatic N) is 3. The molecular formula is C17H21IN4O. The molecule has 0 fully saturated rings.